The number of rotatable bonds is 3. The molecule has 2 aliphatic heterocycles. The van der Waals surface area contributed by atoms with Crippen molar-refractivity contribution in [3.8, 4) is 6.07 Å². The van der Waals surface area contributed by atoms with Crippen molar-refractivity contribution in [2.45, 2.75) is 42.7 Å². The molecule has 0 spiro atoms. The Kier molecular flexibility index (Phi) is 5.54. The highest BCUT2D eigenvalue weighted by Crippen LogP contribution is 2.50. The summed E-state index contributed by atoms with van der Waals surface area (Å²) >= 11 is 4.16. The third-order valence-electron chi connectivity index (χ3n) is 6.00. The van der Waals surface area contributed by atoms with Gasteiger partial charge in [-0.15, -0.1) is 23.5 Å². The average Bonchev–Trinajstić information content (AvgIpc) is 3.07. The van der Waals surface area contributed by atoms with Crippen molar-refractivity contribution in [3.05, 3.63) is 35.5 Å². The summed E-state index contributed by atoms with van der Waals surface area (Å²) in [4.78, 5) is 6.03. The van der Waals surface area contributed by atoms with E-state index in [0.717, 1.165) is 19.4 Å². The number of nitriles is 1. The van der Waals surface area contributed by atoms with Gasteiger partial charge in [0, 0.05) is 16.6 Å². The predicted molar refractivity (Wildman–Crippen MR) is 114 cm³/mol. The molecule has 0 radical (unpaired) electrons. The van der Waals surface area contributed by atoms with Crippen LogP contribution in [0.15, 0.2) is 24.3 Å². The smallest absolute Gasteiger partial charge is 0.101 e. The lowest BCUT2D eigenvalue weighted by Crippen LogP contribution is -2.45. The van der Waals surface area contributed by atoms with E-state index < -0.39 is 0 Å². The minimum absolute atomic E-state index is 0.0203. The average molecular weight is 386 g/mol. The number of nitrogens with one attached hydrogen (secondary N) is 1. The fourth-order valence-electron chi connectivity index (χ4n) is 4.73. The summed E-state index contributed by atoms with van der Waals surface area (Å²) in [6, 6.07) is 11.4. The monoisotopic (exact) mass is 385 g/mol. The van der Waals surface area contributed by atoms with E-state index in [-0.39, 0.29) is 6.04 Å². The number of nitrogens with zero attached hydrogens (tertiary/aromatic N) is 2. The number of hydrogen-bond acceptors (Lipinski definition) is 4. The van der Waals surface area contributed by atoms with E-state index in [2.05, 4.69) is 77.7 Å². The molecule has 1 aromatic carbocycles. The van der Waals surface area contributed by atoms with Gasteiger partial charge in [-0.1, -0.05) is 31.5 Å². The van der Waals surface area contributed by atoms with Crippen molar-refractivity contribution < 1.29 is 0 Å². The zero-order chi connectivity index (χ0) is 18.1. The van der Waals surface area contributed by atoms with Gasteiger partial charge in [0.1, 0.15) is 6.04 Å². The van der Waals surface area contributed by atoms with Gasteiger partial charge in [0.25, 0.3) is 0 Å². The van der Waals surface area contributed by atoms with Crippen molar-refractivity contribution in [2.24, 2.45) is 5.92 Å². The number of likely N-dealkylation sites (tertiary alicyclic amines) is 1. The van der Waals surface area contributed by atoms with Crippen molar-refractivity contribution >= 4 is 34.4 Å². The molecule has 3 heterocycles. The van der Waals surface area contributed by atoms with Crippen LogP contribution in [0, 0.1) is 17.2 Å². The van der Waals surface area contributed by atoms with Gasteiger partial charge in [0.15, 0.2) is 0 Å². The van der Waals surface area contributed by atoms with Gasteiger partial charge in [-0.2, -0.15) is 5.26 Å². The molecule has 2 aliphatic rings. The Hall–Kier alpha value is -1.09. The van der Waals surface area contributed by atoms with Crippen LogP contribution in [-0.2, 0) is 0 Å². The minimum atomic E-state index is 0.0203. The van der Waals surface area contributed by atoms with E-state index in [1.165, 1.54) is 40.1 Å². The molecular formula is C21H27N3S2. The highest BCUT2D eigenvalue weighted by molar-refractivity contribution is 8.16. The molecule has 4 rings (SSSR count). The summed E-state index contributed by atoms with van der Waals surface area (Å²) < 4.78 is 0.504. The molecule has 2 saturated heterocycles. The number of aromatic nitrogens is 1. The fourth-order valence-corrected chi connectivity index (χ4v) is 7.63. The van der Waals surface area contributed by atoms with Gasteiger partial charge in [-0.05, 0) is 61.4 Å². The van der Waals surface area contributed by atoms with E-state index in [4.69, 9.17) is 0 Å². The summed E-state index contributed by atoms with van der Waals surface area (Å²) in [7, 11) is 2.11. The lowest BCUT2D eigenvalue weighted by atomic mass is 9.74. The van der Waals surface area contributed by atoms with Crippen molar-refractivity contribution in [2.75, 3.05) is 25.1 Å². The Balaban J connectivity index is 1.82. The van der Waals surface area contributed by atoms with Crippen LogP contribution in [0.2, 0.25) is 0 Å². The van der Waals surface area contributed by atoms with Crippen LogP contribution in [0.1, 0.15) is 47.9 Å². The molecule has 0 saturated carbocycles. The Morgan fingerprint density at radius 2 is 2.04 bits per heavy atom. The van der Waals surface area contributed by atoms with Gasteiger partial charge in [-0.25, -0.2) is 0 Å². The fraction of sp³-hybridized carbons (Fsp3) is 0.571. The van der Waals surface area contributed by atoms with E-state index >= 15 is 0 Å². The number of piperidine rings is 1. The van der Waals surface area contributed by atoms with Crippen molar-refractivity contribution in [1.82, 2.24) is 9.88 Å². The first-order valence-corrected chi connectivity index (χ1v) is 11.8. The molecule has 1 N–H and O–H groups in total. The second-order valence-electron chi connectivity index (χ2n) is 7.45. The van der Waals surface area contributed by atoms with Crippen molar-refractivity contribution in [1.29, 1.82) is 5.26 Å². The summed E-state index contributed by atoms with van der Waals surface area (Å²) in [6.07, 6.45) is 3.50. The van der Waals surface area contributed by atoms with Gasteiger partial charge < -0.3 is 4.98 Å². The topological polar surface area (TPSA) is 42.8 Å². The molecule has 3 atom stereocenters. The number of aromatic amines is 1. The molecule has 26 heavy (non-hydrogen) atoms. The Labute approximate surface area is 164 Å². The number of benzene rings is 1. The highest BCUT2D eigenvalue weighted by atomic mass is 32.2. The van der Waals surface area contributed by atoms with Crippen LogP contribution in [0.3, 0.4) is 0 Å². The third-order valence-corrected chi connectivity index (χ3v) is 8.95. The molecular weight excluding hydrogens is 358 g/mol. The molecule has 0 aliphatic carbocycles. The zero-order valence-electron chi connectivity index (χ0n) is 15.6. The van der Waals surface area contributed by atoms with Gasteiger partial charge in [0.2, 0.25) is 0 Å². The minimum Gasteiger partial charge on any atom is -0.357 e. The normalized spacial score (nSPS) is 28.3. The molecule has 0 unspecified atom stereocenters. The Bertz CT molecular complexity index is 803. The first-order chi connectivity index (χ1) is 12.7. The Morgan fingerprint density at radius 3 is 2.77 bits per heavy atom. The molecule has 3 nitrogen and oxygen atoms in total. The van der Waals surface area contributed by atoms with E-state index in [0.29, 0.717) is 16.4 Å². The predicted octanol–water partition coefficient (Wildman–Crippen LogP) is 5.37. The van der Waals surface area contributed by atoms with Crippen LogP contribution in [0.4, 0.5) is 0 Å². The third kappa shape index (κ3) is 3.17. The first-order valence-electron chi connectivity index (χ1n) is 9.68. The molecule has 138 valence electrons. The SMILES string of the molecule is CC[C@H]1[C@@H](c2c(C3SCCCS3)[nH]c3ccccc23)CCN(C)[C@@H]1C#N. The number of hydrogen-bond donors (Lipinski definition) is 1. The second-order valence-corrected chi connectivity index (χ2v) is 10.2. The lowest BCUT2D eigenvalue weighted by Gasteiger charge is -2.41. The maximum Gasteiger partial charge on any atom is 0.101 e. The first kappa shape index (κ1) is 18.3. The maximum absolute atomic E-state index is 9.80. The van der Waals surface area contributed by atoms with Crippen LogP contribution < -0.4 is 0 Å². The van der Waals surface area contributed by atoms with Gasteiger partial charge >= 0.3 is 0 Å². The quantitative estimate of drug-likeness (QED) is 0.771. The molecule has 5 heteroatoms. The van der Waals surface area contributed by atoms with Crippen LogP contribution in [0.5, 0.6) is 0 Å². The standard InChI is InChI=1S/C21H27N3S2/c1-3-14-15(9-10-24(2)18(14)13-22)19-16-7-4-5-8-17(16)23-20(19)21-25-11-6-12-26-21/h4-5,7-8,14-15,18,21,23H,3,6,9-12H2,1-2H3/t14-,15-,18+/m0/s1. The lowest BCUT2D eigenvalue weighted by molar-refractivity contribution is 0.134. The number of fused-ring (bicyclic) bond motifs is 1. The van der Waals surface area contributed by atoms with Crippen molar-refractivity contribution in [3.63, 3.8) is 0 Å². The molecule has 1 aromatic heterocycles. The van der Waals surface area contributed by atoms with Gasteiger partial charge in [-0.3, -0.25) is 4.90 Å². The van der Waals surface area contributed by atoms with Crippen LogP contribution in [0.25, 0.3) is 10.9 Å². The molecule has 2 fully saturated rings. The van der Waals surface area contributed by atoms with Gasteiger partial charge in [0.05, 0.1) is 10.7 Å². The highest BCUT2D eigenvalue weighted by Gasteiger charge is 2.39. The molecule has 0 bridgehead atoms. The number of para-hydroxylation sites is 1. The summed E-state index contributed by atoms with van der Waals surface area (Å²) in [5.74, 6) is 3.36. The largest absolute Gasteiger partial charge is 0.357 e. The summed E-state index contributed by atoms with van der Waals surface area (Å²) in [6.45, 7) is 3.25. The summed E-state index contributed by atoms with van der Waals surface area (Å²) in [5, 5.41) is 11.2. The summed E-state index contributed by atoms with van der Waals surface area (Å²) in [5.41, 5.74) is 4.19. The van der Waals surface area contributed by atoms with E-state index in [1.54, 1.807) is 0 Å². The van der Waals surface area contributed by atoms with E-state index in [1.807, 2.05) is 0 Å². The Morgan fingerprint density at radius 1 is 1.27 bits per heavy atom. The zero-order valence-corrected chi connectivity index (χ0v) is 17.2. The molecule has 2 aromatic rings. The number of H-pyrrole nitrogens is 1. The molecule has 0 amide bonds. The van der Waals surface area contributed by atoms with E-state index in [9.17, 15) is 5.26 Å². The van der Waals surface area contributed by atoms with Crippen LogP contribution >= 0.6 is 23.5 Å². The second kappa shape index (κ2) is 7.88. The maximum atomic E-state index is 9.80. The van der Waals surface area contributed by atoms with Crippen LogP contribution in [-0.4, -0.2) is 41.0 Å². The number of thioether (sulfide) groups is 2.